The zero-order chi connectivity index (χ0) is 28.9. The van der Waals surface area contributed by atoms with Crippen molar-refractivity contribution in [1.29, 1.82) is 0 Å². The van der Waals surface area contributed by atoms with Gasteiger partial charge in [-0.3, -0.25) is 0 Å². The molecule has 0 aliphatic rings. The van der Waals surface area contributed by atoms with Crippen molar-refractivity contribution in [2.45, 2.75) is 66.7 Å². The molecule has 0 bridgehead atoms. The molecule has 0 spiro atoms. The van der Waals surface area contributed by atoms with Gasteiger partial charge in [0.15, 0.2) is 11.7 Å². The normalized spacial score (nSPS) is 15.1. The molecule has 0 heterocycles. The van der Waals surface area contributed by atoms with E-state index in [4.69, 9.17) is 0 Å². The highest BCUT2D eigenvalue weighted by Crippen LogP contribution is 2.31. The van der Waals surface area contributed by atoms with E-state index in [1.165, 1.54) is 37.1 Å². The zero-order valence-electron chi connectivity index (χ0n) is 23.7. The minimum Gasteiger partial charge on any atom is -0.207 e. The summed E-state index contributed by atoms with van der Waals surface area (Å²) in [5.41, 5.74) is 1.07. The highest BCUT2D eigenvalue weighted by Gasteiger charge is 2.17. The van der Waals surface area contributed by atoms with Gasteiger partial charge in [0, 0.05) is 5.57 Å². The van der Waals surface area contributed by atoms with Gasteiger partial charge >= 0.3 is 0 Å². The lowest BCUT2D eigenvalue weighted by Gasteiger charge is -2.23. The second kappa shape index (κ2) is 16.8. The third-order valence-electron chi connectivity index (χ3n) is 6.87. The van der Waals surface area contributed by atoms with Crippen LogP contribution in [0.25, 0.3) is 0 Å². The molecule has 0 saturated carbocycles. The van der Waals surface area contributed by atoms with Crippen LogP contribution in [0.3, 0.4) is 0 Å². The van der Waals surface area contributed by atoms with Crippen molar-refractivity contribution >= 4 is 0 Å². The molecular weight excluding hydrogens is 465 g/mol. The smallest absolute Gasteiger partial charge is 0.166 e. The molecule has 37 heavy (non-hydrogen) atoms. The molecule has 0 amide bonds. The molecule has 0 rings (SSSR count). The molecule has 0 aromatic rings. The molecule has 3 atom stereocenters. The van der Waals surface area contributed by atoms with E-state index in [-0.39, 0.29) is 29.1 Å². The number of hydrogen-bond donors (Lipinski definition) is 0. The summed E-state index contributed by atoms with van der Waals surface area (Å²) in [5, 5.41) is 0. The Kier molecular flexibility index (Phi) is 15.6. The Morgan fingerprint density at radius 1 is 0.676 bits per heavy atom. The van der Waals surface area contributed by atoms with Crippen LogP contribution in [0, 0.1) is 23.7 Å². The Bertz CT molecular complexity index is 981. The standard InChI is InChI=1S/C34H47F3/c1-13-14-28(9)33(36)34(37)31(12)27(8)20-18-25(6)29(10)21-32(35)30(11)26(7)19-17-24(5)23(4)16-15-22(2)3/h13,18,20-24,26H,1,6,8-12,14-17,19H2,2-5,7H3/b20-18-,32-21+,34-33-. The van der Waals surface area contributed by atoms with E-state index in [2.05, 4.69) is 73.7 Å². The fourth-order valence-corrected chi connectivity index (χ4v) is 3.53. The van der Waals surface area contributed by atoms with Gasteiger partial charge in [0.2, 0.25) is 0 Å². The lowest BCUT2D eigenvalue weighted by molar-refractivity contribution is 0.305. The van der Waals surface area contributed by atoms with E-state index in [0.717, 1.165) is 12.8 Å². The molecule has 0 saturated heterocycles. The second-order valence-corrected chi connectivity index (χ2v) is 10.5. The van der Waals surface area contributed by atoms with Crippen LogP contribution in [0.1, 0.15) is 66.7 Å². The first-order chi connectivity index (χ1) is 17.1. The highest BCUT2D eigenvalue weighted by atomic mass is 19.2. The van der Waals surface area contributed by atoms with Crippen molar-refractivity contribution in [3.8, 4) is 0 Å². The predicted octanol–water partition coefficient (Wildman–Crippen LogP) is 11.6. The van der Waals surface area contributed by atoms with Crippen LogP contribution in [0.5, 0.6) is 0 Å². The van der Waals surface area contributed by atoms with Crippen LogP contribution in [-0.2, 0) is 0 Å². The highest BCUT2D eigenvalue weighted by molar-refractivity contribution is 5.53. The molecule has 0 aliphatic heterocycles. The number of allylic oxidation sites excluding steroid dienone is 13. The lowest BCUT2D eigenvalue weighted by Crippen LogP contribution is -2.11. The van der Waals surface area contributed by atoms with Gasteiger partial charge in [-0.15, -0.1) is 6.58 Å². The summed E-state index contributed by atoms with van der Waals surface area (Å²) in [4.78, 5) is 0. The molecule has 204 valence electrons. The largest absolute Gasteiger partial charge is 0.207 e. The van der Waals surface area contributed by atoms with Gasteiger partial charge in [0.25, 0.3) is 0 Å². The number of halogens is 3. The van der Waals surface area contributed by atoms with Gasteiger partial charge in [-0.1, -0.05) is 105 Å². The topological polar surface area (TPSA) is 0 Å². The minimum atomic E-state index is -1.13. The SMILES string of the molecule is C=CCC(=C)/C(F)=C(/F)C(=C)C(=C)/C=C\C(=C)C(=C)/C=C(/F)C(=C)C(C)CCC(C)C(C)CCC(C)C. The van der Waals surface area contributed by atoms with Crippen molar-refractivity contribution in [1.82, 2.24) is 0 Å². The van der Waals surface area contributed by atoms with Gasteiger partial charge in [-0.05, 0) is 76.9 Å². The molecule has 0 aliphatic carbocycles. The number of rotatable bonds is 18. The van der Waals surface area contributed by atoms with Gasteiger partial charge in [0.05, 0.1) is 0 Å². The second-order valence-electron chi connectivity index (χ2n) is 10.5. The Morgan fingerprint density at radius 3 is 1.70 bits per heavy atom. The average Bonchev–Trinajstić information content (AvgIpc) is 2.86. The summed E-state index contributed by atoms with van der Waals surface area (Å²) >= 11 is 0. The first-order valence-electron chi connectivity index (χ1n) is 13.0. The van der Waals surface area contributed by atoms with E-state index in [9.17, 15) is 13.2 Å². The third-order valence-corrected chi connectivity index (χ3v) is 6.87. The molecule has 0 aromatic carbocycles. The third kappa shape index (κ3) is 12.3. The van der Waals surface area contributed by atoms with Crippen LogP contribution in [0.15, 0.2) is 121 Å². The van der Waals surface area contributed by atoms with E-state index in [1.54, 1.807) is 0 Å². The molecule has 0 aromatic heterocycles. The maximum Gasteiger partial charge on any atom is 0.166 e. The fraction of sp³-hybridized carbons (Fsp3) is 0.412. The van der Waals surface area contributed by atoms with Gasteiger partial charge in [0.1, 0.15) is 5.83 Å². The van der Waals surface area contributed by atoms with Crippen molar-refractivity contribution in [2.24, 2.45) is 23.7 Å². The Hall–Kier alpha value is -2.81. The minimum absolute atomic E-state index is 0.00351. The van der Waals surface area contributed by atoms with Crippen LogP contribution in [0.2, 0.25) is 0 Å². The van der Waals surface area contributed by atoms with Crippen molar-refractivity contribution in [2.75, 3.05) is 0 Å². The van der Waals surface area contributed by atoms with E-state index in [0.29, 0.717) is 34.5 Å². The van der Waals surface area contributed by atoms with Crippen molar-refractivity contribution in [3.63, 3.8) is 0 Å². The molecule has 0 nitrogen and oxygen atoms in total. The fourth-order valence-electron chi connectivity index (χ4n) is 3.53. The maximum atomic E-state index is 14.9. The number of hydrogen-bond acceptors (Lipinski definition) is 0. The van der Waals surface area contributed by atoms with Crippen LogP contribution < -0.4 is 0 Å². The van der Waals surface area contributed by atoms with Crippen LogP contribution in [-0.4, -0.2) is 0 Å². The first kappa shape index (κ1) is 34.2. The molecular formula is C34H47F3. The Labute approximate surface area is 224 Å². The Balaban J connectivity index is 5.06. The molecule has 0 fully saturated rings. The summed E-state index contributed by atoms with van der Waals surface area (Å²) in [5.74, 6) is -0.752. The van der Waals surface area contributed by atoms with Gasteiger partial charge in [-0.25, -0.2) is 13.2 Å². The summed E-state index contributed by atoms with van der Waals surface area (Å²) in [7, 11) is 0. The molecule has 3 unspecified atom stereocenters. The maximum absolute atomic E-state index is 14.9. The summed E-state index contributed by atoms with van der Waals surface area (Å²) in [6, 6.07) is 0. The summed E-state index contributed by atoms with van der Waals surface area (Å²) < 4.78 is 43.4. The zero-order valence-corrected chi connectivity index (χ0v) is 23.7. The summed E-state index contributed by atoms with van der Waals surface area (Å²) in [6.07, 6.45) is 10.1. The Morgan fingerprint density at radius 2 is 1.19 bits per heavy atom. The van der Waals surface area contributed by atoms with Gasteiger partial charge in [-0.2, -0.15) is 0 Å². The van der Waals surface area contributed by atoms with Crippen LogP contribution in [0.4, 0.5) is 13.2 Å². The van der Waals surface area contributed by atoms with E-state index in [1.807, 2.05) is 6.92 Å². The molecule has 0 N–H and O–H groups in total. The average molecular weight is 513 g/mol. The quantitative estimate of drug-likeness (QED) is 0.126. The summed E-state index contributed by atoms with van der Waals surface area (Å²) in [6.45, 7) is 37.0. The van der Waals surface area contributed by atoms with E-state index < -0.39 is 17.5 Å². The molecule has 3 heteroatoms. The van der Waals surface area contributed by atoms with Crippen molar-refractivity contribution in [3.05, 3.63) is 121 Å². The van der Waals surface area contributed by atoms with Crippen LogP contribution >= 0.6 is 0 Å². The van der Waals surface area contributed by atoms with Gasteiger partial charge < -0.3 is 0 Å². The monoisotopic (exact) mass is 512 g/mol. The molecule has 0 radical (unpaired) electrons. The van der Waals surface area contributed by atoms with Crippen molar-refractivity contribution < 1.29 is 13.2 Å². The lowest BCUT2D eigenvalue weighted by atomic mass is 9.83. The van der Waals surface area contributed by atoms with E-state index >= 15 is 0 Å². The predicted molar refractivity (Wildman–Crippen MR) is 158 cm³/mol. The first-order valence-corrected chi connectivity index (χ1v) is 13.0.